The molecular weight excluding hydrogens is 418 g/mol. The SMILES string of the molecule is Cl.O=C(/C=C/c1ccc(Cc2nc(-c3ccccc3)c(Br)[nH]2)cc1)NO. The summed E-state index contributed by atoms with van der Waals surface area (Å²) in [6.45, 7) is 0. The monoisotopic (exact) mass is 433 g/mol. The van der Waals surface area contributed by atoms with Crippen molar-refractivity contribution < 1.29 is 10.0 Å². The zero-order valence-electron chi connectivity index (χ0n) is 13.6. The smallest absolute Gasteiger partial charge is 0.267 e. The molecule has 0 fully saturated rings. The van der Waals surface area contributed by atoms with E-state index in [1.165, 1.54) is 6.08 Å². The molecule has 0 atom stereocenters. The molecular formula is C19H17BrClN3O2. The molecule has 26 heavy (non-hydrogen) atoms. The number of halogens is 2. The second-order valence-electron chi connectivity index (χ2n) is 5.44. The van der Waals surface area contributed by atoms with Crippen molar-refractivity contribution in [3.05, 3.63) is 82.2 Å². The maximum Gasteiger partial charge on any atom is 0.267 e. The largest absolute Gasteiger partial charge is 0.336 e. The number of hydrogen-bond acceptors (Lipinski definition) is 3. The number of nitrogens with one attached hydrogen (secondary N) is 2. The molecule has 0 aliphatic heterocycles. The number of aromatic nitrogens is 2. The Bertz CT molecular complexity index is 893. The van der Waals surface area contributed by atoms with Gasteiger partial charge in [-0.05, 0) is 33.1 Å². The summed E-state index contributed by atoms with van der Waals surface area (Å²) < 4.78 is 0.864. The maximum absolute atomic E-state index is 11.0. The van der Waals surface area contributed by atoms with Gasteiger partial charge in [-0.1, -0.05) is 54.6 Å². The van der Waals surface area contributed by atoms with Crippen LogP contribution < -0.4 is 5.48 Å². The molecule has 1 aromatic heterocycles. The van der Waals surface area contributed by atoms with E-state index in [1.807, 2.05) is 54.6 Å². The minimum atomic E-state index is -0.557. The van der Waals surface area contributed by atoms with Crippen LogP contribution in [-0.2, 0) is 11.2 Å². The van der Waals surface area contributed by atoms with E-state index >= 15 is 0 Å². The summed E-state index contributed by atoms with van der Waals surface area (Å²) in [4.78, 5) is 18.9. The molecule has 7 heteroatoms. The van der Waals surface area contributed by atoms with E-state index in [9.17, 15) is 4.79 Å². The van der Waals surface area contributed by atoms with Crippen LogP contribution in [0.5, 0.6) is 0 Å². The van der Waals surface area contributed by atoms with Gasteiger partial charge in [-0.25, -0.2) is 10.5 Å². The van der Waals surface area contributed by atoms with E-state index in [1.54, 1.807) is 11.6 Å². The molecule has 3 aromatic rings. The summed E-state index contributed by atoms with van der Waals surface area (Å²) in [6.07, 6.45) is 3.57. The van der Waals surface area contributed by atoms with E-state index in [-0.39, 0.29) is 12.4 Å². The Morgan fingerprint density at radius 3 is 2.50 bits per heavy atom. The number of imidazole rings is 1. The normalized spacial score (nSPS) is 10.5. The Morgan fingerprint density at radius 1 is 1.15 bits per heavy atom. The first-order valence-electron chi connectivity index (χ1n) is 7.66. The molecule has 0 bridgehead atoms. The van der Waals surface area contributed by atoms with E-state index in [0.717, 1.165) is 32.8 Å². The molecule has 0 saturated heterocycles. The fraction of sp³-hybridized carbons (Fsp3) is 0.0526. The highest BCUT2D eigenvalue weighted by Gasteiger charge is 2.10. The van der Waals surface area contributed by atoms with Crippen LogP contribution in [-0.4, -0.2) is 21.1 Å². The van der Waals surface area contributed by atoms with Gasteiger partial charge in [0, 0.05) is 18.1 Å². The summed E-state index contributed by atoms with van der Waals surface area (Å²) in [5, 5.41) is 8.46. The van der Waals surface area contributed by atoms with Crippen LogP contribution in [0.3, 0.4) is 0 Å². The van der Waals surface area contributed by atoms with Gasteiger partial charge in [-0.3, -0.25) is 10.0 Å². The van der Waals surface area contributed by atoms with Crippen LogP contribution in [0.4, 0.5) is 0 Å². The van der Waals surface area contributed by atoms with E-state index in [4.69, 9.17) is 5.21 Å². The predicted molar refractivity (Wildman–Crippen MR) is 107 cm³/mol. The fourth-order valence-corrected chi connectivity index (χ4v) is 2.96. The van der Waals surface area contributed by atoms with E-state index in [2.05, 4.69) is 25.9 Å². The zero-order chi connectivity index (χ0) is 17.6. The van der Waals surface area contributed by atoms with Gasteiger partial charge < -0.3 is 4.98 Å². The minimum absolute atomic E-state index is 0. The van der Waals surface area contributed by atoms with Crippen molar-refractivity contribution in [2.24, 2.45) is 0 Å². The molecule has 134 valence electrons. The Morgan fingerprint density at radius 2 is 1.85 bits per heavy atom. The summed E-state index contributed by atoms with van der Waals surface area (Å²) >= 11 is 3.53. The van der Waals surface area contributed by atoms with Crippen LogP contribution in [0, 0.1) is 0 Å². The van der Waals surface area contributed by atoms with Crippen molar-refractivity contribution in [1.29, 1.82) is 0 Å². The molecule has 0 unspecified atom stereocenters. The van der Waals surface area contributed by atoms with Gasteiger partial charge >= 0.3 is 0 Å². The number of rotatable bonds is 5. The summed E-state index contributed by atoms with van der Waals surface area (Å²) in [6, 6.07) is 17.8. The average molecular weight is 435 g/mol. The van der Waals surface area contributed by atoms with Gasteiger partial charge in [0.1, 0.15) is 16.1 Å². The zero-order valence-corrected chi connectivity index (χ0v) is 16.0. The third-order valence-corrected chi connectivity index (χ3v) is 4.22. The Hall–Kier alpha value is -2.41. The molecule has 5 nitrogen and oxygen atoms in total. The molecule has 1 amide bonds. The highest BCUT2D eigenvalue weighted by molar-refractivity contribution is 9.10. The van der Waals surface area contributed by atoms with Gasteiger partial charge in [-0.2, -0.15) is 0 Å². The third kappa shape index (κ3) is 5.05. The number of amides is 1. The van der Waals surface area contributed by atoms with E-state index in [0.29, 0.717) is 6.42 Å². The Kier molecular flexibility index (Phi) is 7.15. The van der Waals surface area contributed by atoms with Crippen LogP contribution in [0.1, 0.15) is 17.0 Å². The van der Waals surface area contributed by atoms with Crippen LogP contribution in [0.25, 0.3) is 17.3 Å². The van der Waals surface area contributed by atoms with Crippen LogP contribution in [0.15, 0.2) is 65.3 Å². The maximum atomic E-state index is 11.0. The second-order valence-corrected chi connectivity index (χ2v) is 6.23. The predicted octanol–water partition coefficient (Wildman–Crippen LogP) is 4.37. The molecule has 0 spiro atoms. The lowest BCUT2D eigenvalue weighted by Gasteiger charge is -2.00. The number of aromatic amines is 1. The molecule has 0 aliphatic carbocycles. The third-order valence-electron chi connectivity index (χ3n) is 3.64. The number of carbonyl (C=O) groups excluding carboxylic acids is 1. The highest BCUT2D eigenvalue weighted by atomic mass is 79.9. The molecule has 3 rings (SSSR count). The lowest BCUT2D eigenvalue weighted by Crippen LogP contribution is -2.14. The average Bonchev–Trinajstić information content (AvgIpc) is 3.01. The van der Waals surface area contributed by atoms with Gasteiger partial charge in [-0.15, -0.1) is 12.4 Å². The topological polar surface area (TPSA) is 78.0 Å². The van der Waals surface area contributed by atoms with Crippen molar-refractivity contribution >= 4 is 40.3 Å². The minimum Gasteiger partial charge on any atom is -0.336 e. The molecule has 0 saturated carbocycles. The number of hydroxylamine groups is 1. The first-order valence-corrected chi connectivity index (χ1v) is 8.46. The molecule has 1 heterocycles. The lowest BCUT2D eigenvalue weighted by atomic mass is 10.1. The van der Waals surface area contributed by atoms with Gasteiger partial charge in [0.05, 0.1) is 0 Å². The molecule has 3 N–H and O–H groups in total. The van der Waals surface area contributed by atoms with Crippen molar-refractivity contribution in [3.8, 4) is 11.3 Å². The van der Waals surface area contributed by atoms with Crippen molar-refractivity contribution in [3.63, 3.8) is 0 Å². The van der Waals surface area contributed by atoms with Crippen LogP contribution >= 0.6 is 28.3 Å². The number of hydrogen-bond donors (Lipinski definition) is 3. The Labute approximate surface area is 165 Å². The van der Waals surface area contributed by atoms with Gasteiger partial charge in [0.2, 0.25) is 0 Å². The molecule has 2 aromatic carbocycles. The lowest BCUT2D eigenvalue weighted by molar-refractivity contribution is -0.124. The quantitative estimate of drug-likeness (QED) is 0.317. The van der Waals surface area contributed by atoms with E-state index < -0.39 is 5.91 Å². The summed E-state index contributed by atoms with van der Waals surface area (Å²) in [7, 11) is 0. The number of benzene rings is 2. The van der Waals surface area contributed by atoms with Crippen LogP contribution in [0.2, 0.25) is 0 Å². The highest BCUT2D eigenvalue weighted by Crippen LogP contribution is 2.26. The van der Waals surface area contributed by atoms with Crippen molar-refractivity contribution in [1.82, 2.24) is 15.4 Å². The Balaban J connectivity index is 0.00000243. The standard InChI is InChI=1S/C19H16BrN3O2.ClH/c20-19-18(15-4-2-1-3-5-15)21-16(22-19)12-14-8-6-13(7-9-14)10-11-17(24)23-25;/h1-11,25H,12H2,(H,21,22)(H,23,24);1H/b11-10+;. The van der Waals surface area contributed by atoms with Crippen molar-refractivity contribution in [2.45, 2.75) is 6.42 Å². The summed E-state index contributed by atoms with van der Waals surface area (Å²) in [5.41, 5.74) is 5.48. The first-order chi connectivity index (χ1) is 12.2. The van der Waals surface area contributed by atoms with Gasteiger partial charge in [0.15, 0.2) is 0 Å². The van der Waals surface area contributed by atoms with Crippen molar-refractivity contribution in [2.75, 3.05) is 0 Å². The second kappa shape index (κ2) is 9.33. The summed E-state index contributed by atoms with van der Waals surface area (Å²) in [5.74, 6) is 0.312. The molecule has 0 aliphatic rings. The molecule has 0 radical (unpaired) electrons. The number of H-pyrrole nitrogens is 1. The number of nitrogens with zero attached hydrogens (tertiary/aromatic N) is 1. The first kappa shape index (κ1) is 19.9. The van der Waals surface area contributed by atoms with Gasteiger partial charge in [0.25, 0.3) is 5.91 Å². The number of carbonyl (C=O) groups is 1. The fourth-order valence-electron chi connectivity index (χ4n) is 2.42.